The maximum atomic E-state index is 5.40. The minimum atomic E-state index is -0.151. The summed E-state index contributed by atoms with van der Waals surface area (Å²) < 4.78 is 3.48. The molecule has 10 heavy (non-hydrogen) atoms. The topological polar surface area (TPSA) is 0 Å². The van der Waals surface area contributed by atoms with E-state index in [2.05, 4.69) is 28.4 Å². The third-order valence-corrected chi connectivity index (χ3v) is 3.92. The van der Waals surface area contributed by atoms with Gasteiger partial charge in [0.2, 0.25) is 0 Å². The first-order valence-electron chi connectivity index (χ1n) is 2.90. The number of hydrogen-bond donors (Lipinski definition) is 0. The van der Waals surface area contributed by atoms with Crippen LogP contribution >= 0.6 is 11.6 Å². The zero-order valence-corrected chi connectivity index (χ0v) is 8.41. The van der Waals surface area contributed by atoms with Crippen molar-refractivity contribution in [1.29, 1.82) is 0 Å². The van der Waals surface area contributed by atoms with E-state index in [1.807, 2.05) is 6.07 Å². The molecule has 0 aliphatic carbocycles. The van der Waals surface area contributed by atoms with Crippen molar-refractivity contribution in [2.24, 2.45) is 0 Å². The molecule has 0 aliphatic rings. The summed E-state index contributed by atoms with van der Waals surface area (Å²) in [5.74, 6) is 0. The van der Waals surface area contributed by atoms with Crippen LogP contribution in [0.5, 0.6) is 0 Å². The normalized spacial score (nSPS) is 10.5. The summed E-state index contributed by atoms with van der Waals surface area (Å²) in [7, 11) is 0. The molecule has 1 rings (SSSR count). The van der Waals surface area contributed by atoms with Crippen LogP contribution in [-0.4, -0.2) is 20.9 Å². The molecule has 0 aromatic heterocycles. The first kappa shape index (κ1) is 8.14. The SMILES string of the molecule is ClC=C[Te]c1ccccc1. The van der Waals surface area contributed by atoms with Gasteiger partial charge in [0.15, 0.2) is 0 Å². The molecule has 0 saturated heterocycles. The van der Waals surface area contributed by atoms with Gasteiger partial charge in [0.25, 0.3) is 0 Å². The van der Waals surface area contributed by atoms with E-state index in [-0.39, 0.29) is 20.9 Å². The molecule has 0 N–H and O–H groups in total. The van der Waals surface area contributed by atoms with Gasteiger partial charge in [0.05, 0.1) is 0 Å². The average molecular weight is 266 g/mol. The van der Waals surface area contributed by atoms with E-state index >= 15 is 0 Å². The molecule has 1 aromatic carbocycles. The molecule has 2 heteroatoms. The van der Waals surface area contributed by atoms with E-state index in [1.54, 1.807) is 5.54 Å². The van der Waals surface area contributed by atoms with Gasteiger partial charge in [0.1, 0.15) is 0 Å². The minimum absolute atomic E-state index is 0.151. The fourth-order valence-corrected chi connectivity index (χ4v) is 2.44. The van der Waals surface area contributed by atoms with Crippen molar-refractivity contribution in [2.75, 3.05) is 0 Å². The van der Waals surface area contributed by atoms with E-state index in [0.29, 0.717) is 0 Å². The molecule has 1 aromatic rings. The molecular weight excluding hydrogens is 259 g/mol. The second-order valence-electron chi connectivity index (χ2n) is 1.69. The van der Waals surface area contributed by atoms with Gasteiger partial charge in [-0.1, -0.05) is 0 Å². The predicted molar refractivity (Wildman–Crippen MR) is 46.8 cm³/mol. The van der Waals surface area contributed by atoms with Gasteiger partial charge >= 0.3 is 76.1 Å². The molecule has 0 saturated carbocycles. The van der Waals surface area contributed by atoms with Gasteiger partial charge in [-0.15, -0.1) is 0 Å². The average Bonchev–Trinajstić information content (AvgIpc) is 2.03. The van der Waals surface area contributed by atoms with Crippen LogP contribution < -0.4 is 3.61 Å². The Balaban J connectivity index is 2.59. The second kappa shape index (κ2) is 4.79. The molecule has 0 radical (unpaired) electrons. The van der Waals surface area contributed by atoms with Crippen LogP contribution in [0.25, 0.3) is 0 Å². The predicted octanol–water partition coefficient (Wildman–Crippen LogP) is 1.73. The monoisotopic (exact) mass is 268 g/mol. The molecule has 0 fully saturated rings. The second-order valence-corrected chi connectivity index (χ2v) is 4.74. The molecule has 0 unspecified atom stereocenters. The summed E-state index contributed by atoms with van der Waals surface area (Å²) in [4.78, 5) is 0. The van der Waals surface area contributed by atoms with Crippen LogP contribution in [0.15, 0.2) is 40.0 Å². The Morgan fingerprint density at radius 1 is 1.20 bits per heavy atom. The Kier molecular flexibility index (Phi) is 3.90. The van der Waals surface area contributed by atoms with E-state index in [4.69, 9.17) is 11.6 Å². The molecule has 0 heterocycles. The van der Waals surface area contributed by atoms with Crippen molar-refractivity contribution in [3.63, 3.8) is 0 Å². The fourth-order valence-electron chi connectivity index (χ4n) is 0.603. The summed E-state index contributed by atoms with van der Waals surface area (Å²) in [6.45, 7) is 0. The molecule has 0 amide bonds. The first-order valence-corrected chi connectivity index (χ1v) is 5.85. The van der Waals surface area contributed by atoms with Crippen molar-refractivity contribution < 1.29 is 0 Å². The number of hydrogen-bond acceptors (Lipinski definition) is 0. The van der Waals surface area contributed by atoms with Crippen LogP contribution in [-0.2, 0) is 0 Å². The Bertz CT molecular complexity index is 206. The number of benzene rings is 1. The Labute approximate surface area is 76.0 Å². The van der Waals surface area contributed by atoms with E-state index in [9.17, 15) is 0 Å². The quantitative estimate of drug-likeness (QED) is 0.715. The fraction of sp³-hybridized carbons (Fsp3) is 0. The van der Waals surface area contributed by atoms with Gasteiger partial charge in [-0.2, -0.15) is 0 Å². The van der Waals surface area contributed by atoms with Gasteiger partial charge in [-0.05, 0) is 0 Å². The summed E-state index contributed by atoms with van der Waals surface area (Å²) in [6, 6.07) is 10.4. The third-order valence-electron chi connectivity index (χ3n) is 0.999. The zero-order chi connectivity index (χ0) is 7.23. The van der Waals surface area contributed by atoms with Crippen LogP contribution in [0.2, 0.25) is 0 Å². The first-order chi connectivity index (χ1) is 4.93. The zero-order valence-electron chi connectivity index (χ0n) is 5.33. The van der Waals surface area contributed by atoms with E-state index < -0.39 is 0 Å². The summed E-state index contributed by atoms with van der Waals surface area (Å²) in [5, 5.41) is 0. The summed E-state index contributed by atoms with van der Waals surface area (Å²) >= 11 is 5.25. The number of halogens is 1. The van der Waals surface area contributed by atoms with Crippen molar-refractivity contribution >= 4 is 36.1 Å². The maximum absolute atomic E-state index is 5.40. The van der Waals surface area contributed by atoms with Gasteiger partial charge in [-0.25, -0.2) is 0 Å². The Hall–Kier alpha value is 0.0396. The molecule has 0 atom stereocenters. The summed E-state index contributed by atoms with van der Waals surface area (Å²) in [6.07, 6.45) is 0. The standard InChI is InChI=1S/C8H7ClTe/c9-6-7-10-8-4-2-1-3-5-8/h1-7H. The Morgan fingerprint density at radius 3 is 2.50 bits per heavy atom. The van der Waals surface area contributed by atoms with Crippen molar-refractivity contribution in [2.45, 2.75) is 0 Å². The number of rotatable bonds is 2. The molecule has 52 valence electrons. The van der Waals surface area contributed by atoms with Crippen LogP contribution in [0.1, 0.15) is 0 Å². The van der Waals surface area contributed by atoms with Gasteiger partial charge in [-0.3, -0.25) is 0 Å². The van der Waals surface area contributed by atoms with Crippen molar-refractivity contribution in [1.82, 2.24) is 0 Å². The van der Waals surface area contributed by atoms with E-state index in [1.165, 1.54) is 3.61 Å². The molecule has 0 spiro atoms. The van der Waals surface area contributed by atoms with Gasteiger partial charge in [0, 0.05) is 0 Å². The molecule has 0 bridgehead atoms. The molecule has 0 nitrogen and oxygen atoms in total. The van der Waals surface area contributed by atoms with Crippen LogP contribution in [0.3, 0.4) is 0 Å². The third kappa shape index (κ3) is 2.75. The van der Waals surface area contributed by atoms with Crippen LogP contribution in [0.4, 0.5) is 0 Å². The van der Waals surface area contributed by atoms with Crippen molar-refractivity contribution in [3.8, 4) is 0 Å². The van der Waals surface area contributed by atoms with Gasteiger partial charge < -0.3 is 0 Å². The van der Waals surface area contributed by atoms with Crippen LogP contribution in [0, 0.1) is 0 Å². The molecule has 0 aliphatic heterocycles. The Morgan fingerprint density at radius 2 is 1.90 bits per heavy atom. The van der Waals surface area contributed by atoms with E-state index in [0.717, 1.165) is 0 Å². The van der Waals surface area contributed by atoms with Crippen molar-refractivity contribution in [3.05, 3.63) is 40.0 Å². The molecular formula is C8H7ClTe. The summed E-state index contributed by atoms with van der Waals surface area (Å²) in [5.41, 5.74) is 1.61.